The summed E-state index contributed by atoms with van der Waals surface area (Å²) in [5.41, 5.74) is 2.66. The monoisotopic (exact) mass is 454 g/mol. The maximum atomic E-state index is 13.4. The Bertz CT molecular complexity index is 870. The summed E-state index contributed by atoms with van der Waals surface area (Å²) in [7, 11) is 0. The van der Waals surface area contributed by atoms with Crippen LogP contribution in [0.1, 0.15) is 17.0 Å². The highest BCUT2D eigenvalue weighted by atomic mass is 32.2. The fourth-order valence-electron chi connectivity index (χ4n) is 3.29. The van der Waals surface area contributed by atoms with Gasteiger partial charge in [-0.3, -0.25) is 0 Å². The van der Waals surface area contributed by atoms with Crippen molar-refractivity contribution in [2.24, 2.45) is 0 Å². The van der Waals surface area contributed by atoms with E-state index >= 15 is 0 Å². The van der Waals surface area contributed by atoms with E-state index < -0.39 is 47.6 Å². The van der Waals surface area contributed by atoms with E-state index in [1.165, 1.54) is 0 Å². The summed E-state index contributed by atoms with van der Waals surface area (Å²) >= 11 is -1.45. The number of carbonyl (C=O) groups is 1. The summed E-state index contributed by atoms with van der Waals surface area (Å²) in [6.45, 7) is -0.776. The van der Waals surface area contributed by atoms with Crippen LogP contribution >= 0.6 is 12.0 Å². The van der Waals surface area contributed by atoms with E-state index in [9.17, 15) is 31.1 Å². The molecule has 1 aliphatic carbocycles. The Morgan fingerprint density at radius 1 is 0.900 bits per heavy atom. The number of fused-ring (bicyclic) bond motifs is 3. The summed E-state index contributed by atoms with van der Waals surface area (Å²) in [6, 6.07) is 13.5. The zero-order valence-electron chi connectivity index (χ0n) is 14.7. The molecule has 0 radical (unpaired) electrons. The highest BCUT2D eigenvalue weighted by Gasteiger charge is 2.79. The van der Waals surface area contributed by atoms with Crippen LogP contribution in [0.4, 0.5) is 26.3 Å². The molecular formula is C18H12F6O5S. The second kappa shape index (κ2) is 8.10. The van der Waals surface area contributed by atoms with E-state index in [-0.39, 0.29) is 0 Å². The average molecular weight is 454 g/mol. The highest BCUT2D eigenvalue weighted by Crippen LogP contribution is 2.53. The number of halogens is 6. The van der Waals surface area contributed by atoms with Gasteiger partial charge in [-0.2, -0.15) is 26.3 Å². The lowest BCUT2D eigenvalue weighted by Crippen LogP contribution is -2.60. The topological polar surface area (TPSA) is 65.0 Å². The molecule has 1 aliphatic rings. The molecule has 0 fully saturated rings. The lowest BCUT2D eigenvalue weighted by atomic mass is 9.98. The molecule has 2 aromatic rings. The van der Waals surface area contributed by atoms with Gasteiger partial charge in [-0.25, -0.2) is 10.1 Å². The van der Waals surface area contributed by atoms with Gasteiger partial charge in [-0.05, 0) is 22.3 Å². The number of hydrogen-bond donors (Lipinski definition) is 1. The molecule has 0 saturated carbocycles. The van der Waals surface area contributed by atoms with Gasteiger partial charge in [-0.15, -0.1) is 4.33 Å². The number of hydrogen-bond acceptors (Lipinski definition) is 6. The number of esters is 1. The summed E-state index contributed by atoms with van der Waals surface area (Å²) in [4.78, 5) is 12.1. The quantitative estimate of drug-likeness (QED) is 0.211. The largest absolute Gasteiger partial charge is 0.463 e. The minimum atomic E-state index is -6.17. The second-order valence-corrected chi connectivity index (χ2v) is 7.14. The molecule has 0 spiro atoms. The van der Waals surface area contributed by atoms with Crippen molar-refractivity contribution < 1.29 is 50.5 Å². The Hall–Kier alpha value is -2.28. The minimum Gasteiger partial charge on any atom is -0.463 e. The predicted molar refractivity (Wildman–Crippen MR) is 91.9 cm³/mol. The van der Waals surface area contributed by atoms with Crippen molar-refractivity contribution in [1.82, 2.24) is 0 Å². The van der Waals surface area contributed by atoms with Crippen LogP contribution in [0, 0.1) is 0 Å². The lowest BCUT2D eigenvalue weighted by molar-refractivity contribution is -0.434. The third-order valence-electron chi connectivity index (χ3n) is 4.62. The van der Waals surface area contributed by atoms with Gasteiger partial charge in [-0.1, -0.05) is 53.6 Å². The Kier molecular flexibility index (Phi) is 6.05. The van der Waals surface area contributed by atoms with Crippen LogP contribution < -0.4 is 0 Å². The lowest BCUT2D eigenvalue weighted by Gasteiger charge is -2.32. The Balaban J connectivity index is 1.93. The maximum absolute atomic E-state index is 13.4. The molecule has 0 aromatic heterocycles. The summed E-state index contributed by atoms with van der Waals surface area (Å²) < 4.78 is 83.0. The first-order chi connectivity index (χ1) is 14.0. The first-order valence-corrected chi connectivity index (χ1v) is 8.93. The summed E-state index contributed by atoms with van der Waals surface area (Å²) in [5.74, 6) is -3.41. The van der Waals surface area contributed by atoms with Crippen LogP contribution in [0.15, 0.2) is 48.5 Å². The normalized spacial score (nSPS) is 14.4. The molecule has 0 aliphatic heterocycles. The summed E-state index contributed by atoms with van der Waals surface area (Å²) in [6.07, 6.45) is -12.3. The van der Waals surface area contributed by atoms with Crippen LogP contribution in [0.3, 0.4) is 0 Å². The Morgan fingerprint density at radius 2 is 1.37 bits per heavy atom. The van der Waals surface area contributed by atoms with Crippen molar-refractivity contribution in [2.75, 3.05) is 6.61 Å². The van der Waals surface area contributed by atoms with Gasteiger partial charge in [0.05, 0.1) is 12.0 Å². The number of carbonyl (C=O) groups excluding carboxylic acids is 1. The first kappa shape index (κ1) is 22.4. The maximum Gasteiger partial charge on any atom is 0.425 e. The zero-order chi connectivity index (χ0) is 22.2. The van der Waals surface area contributed by atoms with Crippen molar-refractivity contribution in [2.45, 2.75) is 23.0 Å². The number of ether oxygens (including phenoxy) is 1. The van der Waals surface area contributed by atoms with Crippen LogP contribution in [-0.4, -0.2) is 34.9 Å². The molecule has 162 valence electrons. The van der Waals surface area contributed by atoms with Gasteiger partial charge in [0.1, 0.15) is 6.61 Å². The van der Waals surface area contributed by atoms with E-state index in [1.54, 1.807) is 48.5 Å². The molecule has 1 N–H and O–H groups in total. The predicted octanol–water partition coefficient (Wildman–Crippen LogP) is 5.27. The van der Waals surface area contributed by atoms with Crippen LogP contribution in [0.25, 0.3) is 11.1 Å². The van der Waals surface area contributed by atoms with Gasteiger partial charge < -0.3 is 4.74 Å². The number of benzene rings is 2. The standard InChI is InChI=1S/C18H12F6O5S/c19-17(20,21)16(18(22,23)24,30-29-28-26)15(25)27-9-14-12-7-3-1-5-10(12)11-6-2-4-8-13(11)14/h1-8,14,26H,9H2. The molecule has 5 nitrogen and oxygen atoms in total. The average Bonchev–Trinajstić information content (AvgIpc) is 2.98. The molecule has 0 amide bonds. The molecule has 3 rings (SSSR count). The minimum absolute atomic E-state index is 0.596. The molecule has 2 aromatic carbocycles. The third kappa shape index (κ3) is 3.64. The Labute approximate surface area is 169 Å². The van der Waals surface area contributed by atoms with E-state index in [0.717, 1.165) is 11.1 Å². The van der Waals surface area contributed by atoms with Crippen molar-refractivity contribution in [3.63, 3.8) is 0 Å². The molecule has 30 heavy (non-hydrogen) atoms. The molecule has 0 atom stereocenters. The molecule has 0 saturated heterocycles. The van der Waals surface area contributed by atoms with Crippen molar-refractivity contribution in [3.8, 4) is 11.1 Å². The van der Waals surface area contributed by atoms with Gasteiger partial charge in [0, 0.05) is 5.92 Å². The molecule has 0 unspecified atom stereocenters. The van der Waals surface area contributed by atoms with Gasteiger partial charge in [0.2, 0.25) is 0 Å². The van der Waals surface area contributed by atoms with Gasteiger partial charge in [0.25, 0.3) is 0 Å². The fourth-order valence-corrected chi connectivity index (χ4v) is 3.74. The van der Waals surface area contributed by atoms with E-state index in [0.29, 0.717) is 11.1 Å². The third-order valence-corrected chi connectivity index (χ3v) is 5.63. The van der Waals surface area contributed by atoms with Gasteiger partial charge >= 0.3 is 23.1 Å². The van der Waals surface area contributed by atoms with E-state index in [2.05, 4.69) is 14.1 Å². The molecular weight excluding hydrogens is 442 g/mol. The van der Waals surface area contributed by atoms with E-state index in [1.807, 2.05) is 0 Å². The Morgan fingerprint density at radius 3 is 1.80 bits per heavy atom. The SMILES string of the molecule is O=C(OCC1c2ccccc2-c2ccccc21)C(SOOO)(C(F)(F)F)C(F)(F)F. The molecule has 0 heterocycles. The smallest absolute Gasteiger partial charge is 0.425 e. The number of rotatable bonds is 6. The highest BCUT2D eigenvalue weighted by molar-refractivity contribution is 7.96. The van der Waals surface area contributed by atoms with Crippen molar-refractivity contribution in [3.05, 3.63) is 59.7 Å². The fraction of sp³-hybridized carbons (Fsp3) is 0.278. The van der Waals surface area contributed by atoms with Crippen molar-refractivity contribution in [1.29, 1.82) is 0 Å². The zero-order valence-corrected chi connectivity index (χ0v) is 15.5. The van der Waals surface area contributed by atoms with Gasteiger partial charge in [0.15, 0.2) is 0 Å². The number of alkyl halides is 6. The van der Waals surface area contributed by atoms with E-state index in [4.69, 9.17) is 5.26 Å². The van der Waals surface area contributed by atoms with Crippen LogP contribution in [0.5, 0.6) is 0 Å². The first-order valence-electron chi connectivity index (χ1n) is 8.19. The van der Waals surface area contributed by atoms with Crippen molar-refractivity contribution >= 4 is 18.0 Å². The summed E-state index contributed by atoms with van der Waals surface area (Å²) in [5, 5.41) is 10.9. The van der Waals surface area contributed by atoms with Crippen LogP contribution in [0.2, 0.25) is 0 Å². The molecule has 12 heteroatoms. The molecule has 0 bridgehead atoms. The second-order valence-electron chi connectivity index (χ2n) is 6.23. The van der Waals surface area contributed by atoms with Crippen LogP contribution in [-0.2, 0) is 18.9 Å².